The van der Waals surface area contributed by atoms with Gasteiger partial charge in [-0.3, -0.25) is 19.3 Å². The molecule has 2 fully saturated rings. The Bertz CT molecular complexity index is 1690. The molecule has 9 nitrogen and oxygen atoms in total. The largest absolute Gasteiger partial charge is 0.464 e. The fourth-order valence-corrected chi connectivity index (χ4v) is 7.24. The molecule has 3 aromatic heterocycles. The van der Waals surface area contributed by atoms with E-state index in [1.165, 1.54) is 0 Å². The molecule has 0 saturated heterocycles. The summed E-state index contributed by atoms with van der Waals surface area (Å²) in [5.74, 6) is 0.514. The van der Waals surface area contributed by atoms with Crippen LogP contribution in [-0.2, 0) is 20.7 Å². The van der Waals surface area contributed by atoms with E-state index < -0.39 is 16.3 Å². The average Bonchev–Trinajstić information content (AvgIpc) is 3.43. The van der Waals surface area contributed by atoms with Crippen LogP contribution in [0.5, 0.6) is 0 Å². The van der Waals surface area contributed by atoms with Crippen LogP contribution >= 0.6 is 15.9 Å². The van der Waals surface area contributed by atoms with E-state index in [2.05, 4.69) is 25.9 Å². The van der Waals surface area contributed by atoms with Crippen molar-refractivity contribution in [2.24, 2.45) is 10.4 Å². The van der Waals surface area contributed by atoms with Crippen LogP contribution in [0.1, 0.15) is 44.6 Å². The zero-order valence-corrected chi connectivity index (χ0v) is 26.2. The molecule has 0 radical (unpaired) electrons. The quantitative estimate of drug-likeness (QED) is 0.178. The molecule has 1 unspecified atom stereocenters. The highest BCUT2D eigenvalue weighted by atomic mass is 79.9. The highest BCUT2D eigenvalue weighted by Crippen LogP contribution is 2.49. The van der Waals surface area contributed by atoms with E-state index in [0.29, 0.717) is 12.2 Å². The maximum absolute atomic E-state index is 13.1. The van der Waals surface area contributed by atoms with E-state index >= 15 is 0 Å². The number of rotatable bonds is 8. The first kappa shape index (κ1) is 29.2. The molecule has 10 heteroatoms. The summed E-state index contributed by atoms with van der Waals surface area (Å²) in [6, 6.07) is 15.1. The van der Waals surface area contributed by atoms with E-state index in [4.69, 9.17) is 14.7 Å². The van der Waals surface area contributed by atoms with Crippen LogP contribution in [0.25, 0.3) is 28.4 Å². The van der Waals surface area contributed by atoms with E-state index in [1.807, 2.05) is 72.1 Å². The molecule has 2 aliphatic rings. The van der Waals surface area contributed by atoms with Gasteiger partial charge >= 0.3 is 5.97 Å². The number of fused-ring (bicyclic) bond motifs is 1. The number of aromatic nitrogens is 4. The summed E-state index contributed by atoms with van der Waals surface area (Å²) in [5, 5.41) is 0. The second kappa shape index (κ2) is 12.0. The molecule has 3 heterocycles. The fourth-order valence-electron chi connectivity index (χ4n) is 6.25. The van der Waals surface area contributed by atoms with Gasteiger partial charge in [0.05, 0.1) is 12.0 Å². The molecule has 1 spiro atoms. The predicted molar refractivity (Wildman–Crippen MR) is 171 cm³/mol. The van der Waals surface area contributed by atoms with Crippen LogP contribution in [0.2, 0.25) is 0 Å². The minimum Gasteiger partial charge on any atom is -0.464 e. The molecule has 0 amide bonds. The lowest BCUT2D eigenvalue weighted by atomic mass is 9.58. The Labute approximate surface area is 259 Å². The Morgan fingerprint density at radius 1 is 1.12 bits per heavy atom. The van der Waals surface area contributed by atoms with Crippen molar-refractivity contribution in [3.63, 3.8) is 0 Å². The van der Waals surface area contributed by atoms with E-state index in [0.717, 1.165) is 71.6 Å². The smallest absolute Gasteiger partial charge is 0.331 e. The molecular formula is C33H35BrN6O3. The van der Waals surface area contributed by atoms with Crippen molar-refractivity contribution in [3.8, 4) is 17.2 Å². The lowest BCUT2D eigenvalue weighted by Gasteiger charge is -2.47. The lowest BCUT2D eigenvalue weighted by Crippen LogP contribution is -2.61. The summed E-state index contributed by atoms with van der Waals surface area (Å²) < 4.78 is 7.43. The number of alkyl halides is 1. The van der Waals surface area contributed by atoms with Gasteiger partial charge in [0, 0.05) is 50.0 Å². The number of pyridine rings is 2. The van der Waals surface area contributed by atoms with Crippen LogP contribution in [0, 0.1) is 5.41 Å². The molecule has 2 atom stereocenters. The van der Waals surface area contributed by atoms with E-state index in [9.17, 15) is 9.59 Å². The highest BCUT2D eigenvalue weighted by molar-refractivity contribution is 9.10. The third-order valence-electron chi connectivity index (χ3n) is 8.52. The number of hydrogen-bond acceptors (Lipinski definition) is 8. The fraction of sp³-hybridized carbons (Fsp3) is 0.394. The molecule has 6 rings (SSSR count). The number of benzene rings is 1. The number of nitrogens with zero attached hydrogens (tertiary/aromatic N) is 6. The predicted octanol–water partition coefficient (Wildman–Crippen LogP) is 5.76. The standard InChI is InChI=1S/C33H35BrN6O3/c1-4-43-32(42)26(37-28-27(34)29(41)33(28)15-6-5-7-16-33)19-21-10-12-22(13-11-21)40-30-24(9-8-17-36-30)38-31(40)25-20-23(39(2)3)14-18-35-25/h8-14,17-18,20,26-27H,4-7,15-16,19H2,1-3H3/t26-,27?/m0/s1. The summed E-state index contributed by atoms with van der Waals surface area (Å²) in [6.45, 7) is 2.07. The molecule has 222 valence electrons. The zero-order valence-electron chi connectivity index (χ0n) is 24.7. The van der Waals surface area contributed by atoms with Gasteiger partial charge in [-0.1, -0.05) is 47.3 Å². The Morgan fingerprint density at radius 3 is 2.60 bits per heavy atom. The van der Waals surface area contributed by atoms with Crippen LogP contribution < -0.4 is 4.90 Å². The van der Waals surface area contributed by atoms with E-state index in [-0.39, 0.29) is 18.4 Å². The monoisotopic (exact) mass is 642 g/mol. The second-order valence-electron chi connectivity index (χ2n) is 11.4. The molecule has 0 bridgehead atoms. The second-order valence-corrected chi connectivity index (χ2v) is 12.3. The number of anilines is 1. The number of ether oxygens (including phenoxy) is 1. The molecule has 1 aromatic carbocycles. The number of Topliss-reactive ketones (excluding diaryl/α,β-unsaturated/α-hetero) is 1. The maximum atomic E-state index is 13.1. The van der Waals surface area contributed by atoms with Crippen molar-refractivity contribution in [3.05, 3.63) is 66.5 Å². The maximum Gasteiger partial charge on any atom is 0.331 e. The van der Waals surface area contributed by atoms with Gasteiger partial charge in [0.1, 0.15) is 16.0 Å². The summed E-state index contributed by atoms with van der Waals surface area (Å²) in [6.07, 6.45) is 8.66. The molecule has 2 saturated carbocycles. The summed E-state index contributed by atoms with van der Waals surface area (Å²) in [4.78, 5) is 46.7. The molecule has 2 aliphatic carbocycles. The summed E-state index contributed by atoms with van der Waals surface area (Å²) in [5.41, 5.74) is 5.36. The number of carbonyl (C=O) groups is 2. The van der Waals surface area contributed by atoms with Gasteiger partial charge in [-0.2, -0.15) is 0 Å². The van der Waals surface area contributed by atoms with Crippen molar-refractivity contribution >= 4 is 50.2 Å². The Morgan fingerprint density at radius 2 is 1.88 bits per heavy atom. The van der Waals surface area contributed by atoms with Crippen molar-refractivity contribution in [2.45, 2.75) is 56.3 Å². The highest BCUT2D eigenvalue weighted by Gasteiger charge is 2.58. The van der Waals surface area contributed by atoms with Crippen LogP contribution in [0.3, 0.4) is 0 Å². The summed E-state index contributed by atoms with van der Waals surface area (Å²) >= 11 is 3.54. The first-order valence-corrected chi connectivity index (χ1v) is 15.7. The van der Waals surface area contributed by atoms with Crippen LogP contribution in [0.15, 0.2) is 65.9 Å². The minimum absolute atomic E-state index is 0.195. The zero-order chi connectivity index (χ0) is 30.1. The Kier molecular flexibility index (Phi) is 8.13. The summed E-state index contributed by atoms with van der Waals surface area (Å²) in [7, 11) is 3.99. The van der Waals surface area contributed by atoms with E-state index in [1.54, 1.807) is 19.3 Å². The lowest BCUT2D eigenvalue weighted by molar-refractivity contribution is -0.144. The van der Waals surface area contributed by atoms with Crippen molar-refractivity contribution in [2.75, 3.05) is 25.6 Å². The van der Waals surface area contributed by atoms with Gasteiger partial charge < -0.3 is 9.64 Å². The normalized spacial score (nSPS) is 19.4. The topological polar surface area (TPSA) is 103 Å². The van der Waals surface area contributed by atoms with Gasteiger partial charge in [-0.25, -0.2) is 14.8 Å². The SMILES string of the molecule is CCOC(=O)[C@H](Cc1ccc(-n2c(-c3cc(N(C)C)ccn3)nc3cccnc32)cc1)N=C1C(Br)C(=O)C12CCCCC2. The van der Waals surface area contributed by atoms with Crippen LogP contribution in [-0.4, -0.2) is 68.6 Å². The molecule has 43 heavy (non-hydrogen) atoms. The number of esters is 1. The number of imidazole rings is 1. The molecule has 4 aromatic rings. The molecule has 0 N–H and O–H groups in total. The van der Waals surface area contributed by atoms with Crippen molar-refractivity contribution in [1.29, 1.82) is 0 Å². The van der Waals surface area contributed by atoms with Crippen molar-refractivity contribution in [1.82, 2.24) is 19.5 Å². The molecular weight excluding hydrogens is 608 g/mol. The average molecular weight is 644 g/mol. The third-order valence-corrected chi connectivity index (χ3v) is 9.37. The number of ketones is 1. The van der Waals surface area contributed by atoms with Gasteiger partial charge in [-0.05, 0) is 61.7 Å². The number of hydrogen-bond donors (Lipinski definition) is 0. The van der Waals surface area contributed by atoms with Gasteiger partial charge in [0.2, 0.25) is 0 Å². The van der Waals surface area contributed by atoms with Crippen molar-refractivity contribution < 1.29 is 14.3 Å². The van der Waals surface area contributed by atoms with Crippen LogP contribution in [0.4, 0.5) is 5.69 Å². The Balaban J connectivity index is 1.34. The van der Waals surface area contributed by atoms with Gasteiger partial charge in [0.15, 0.2) is 23.3 Å². The number of aliphatic imine (C=N–C) groups is 1. The Hall–Kier alpha value is -3.92. The molecule has 0 aliphatic heterocycles. The van der Waals surface area contributed by atoms with Gasteiger partial charge in [-0.15, -0.1) is 0 Å². The first-order chi connectivity index (χ1) is 20.8. The minimum atomic E-state index is -0.725. The third kappa shape index (κ3) is 5.37. The van der Waals surface area contributed by atoms with Gasteiger partial charge in [0.25, 0.3) is 0 Å². The first-order valence-electron chi connectivity index (χ1n) is 14.8. The number of halogens is 1. The number of carbonyl (C=O) groups excluding carboxylic acids is 2.